The Morgan fingerprint density at radius 2 is 1.03 bits per heavy atom. The minimum Gasteiger partial charge on any atom is -0.457 e. The predicted octanol–water partition coefficient (Wildman–Crippen LogP) is 1.93. The molecule has 0 aliphatic rings. The summed E-state index contributed by atoms with van der Waals surface area (Å²) in [6.45, 7) is 4.91. The summed E-state index contributed by atoms with van der Waals surface area (Å²) in [6.07, 6.45) is 0. The molecule has 9 heteroatoms. The Bertz CT molecular complexity index is 541. The second-order valence-corrected chi connectivity index (χ2v) is 6.66. The van der Waals surface area contributed by atoms with Crippen LogP contribution in [0, 0.1) is 0 Å². The quantitative estimate of drug-likeness (QED) is 0.0678. The number of hydrogen-bond donors (Lipinski definition) is 0. The van der Waals surface area contributed by atoms with Crippen molar-refractivity contribution < 1.29 is 38.0 Å². The Kier molecular flexibility index (Phi) is 16.9. The maximum Gasteiger partial charge on any atom is 0.379 e. The van der Waals surface area contributed by atoms with Crippen molar-refractivity contribution in [3.05, 3.63) is 35.9 Å². The summed E-state index contributed by atoms with van der Waals surface area (Å²) in [5, 5.41) is 0. The van der Waals surface area contributed by atoms with E-state index in [9.17, 15) is 9.59 Å². The molecule has 0 spiro atoms. The molecule has 1 aromatic rings. The molecule has 0 unspecified atom stereocenters. The lowest BCUT2D eigenvalue weighted by atomic mass is 10.1. The van der Waals surface area contributed by atoms with Crippen molar-refractivity contribution in [3.8, 4) is 0 Å². The van der Waals surface area contributed by atoms with Crippen LogP contribution in [0.15, 0.2) is 30.3 Å². The standard InChI is InChI=1S/C20H29IO8/c21-6-7-24-8-9-25-10-11-26-12-13-27-14-15-28-16-17-29-20(23)19(22)18-4-2-1-3-5-18/h1-5H,6-17H2. The molecule has 1 rings (SSSR count). The number of esters is 1. The first kappa shape index (κ1) is 25.9. The maximum atomic E-state index is 11.8. The summed E-state index contributed by atoms with van der Waals surface area (Å²) in [6, 6.07) is 8.28. The molecule has 0 N–H and O–H groups in total. The number of carbonyl (C=O) groups excluding carboxylic acids is 2. The van der Waals surface area contributed by atoms with E-state index in [1.807, 2.05) is 0 Å². The summed E-state index contributed by atoms with van der Waals surface area (Å²) in [7, 11) is 0. The largest absolute Gasteiger partial charge is 0.457 e. The Labute approximate surface area is 185 Å². The third kappa shape index (κ3) is 14.5. The number of benzene rings is 1. The topological polar surface area (TPSA) is 89.5 Å². The molecule has 0 aliphatic heterocycles. The highest BCUT2D eigenvalue weighted by Crippen LogP contribution is 2.01. The van der Waals surface area contributed by atoms with E-state index in [4.69, 9.17) is 28.4 Å². The number of ketones is 1. The average molecular weight is 524 g/mol. The first-order chi connectivity index (χ1) is 14.3. The van der Waals surface area contributed by atoms with E-state index in [0.717, 1.165) is 11.0 Å². The van der Waals surface area contributed by atoms with Crippen LogP contribution < -0.4 is 0 Å². The lowest BCUT2D eigenvalue weighted by Gasteiger charge is -2.08. The normalized spacial score (nSPS) is 10.8. The highest BCUT2D eigenvalue weighted by molar-refractivity contribution is 14.1. The van der Waals surface area contributed by atoms with Crippen LogP contribution in [0.2, 0.25) is 0 Å². The minimum atomic E-state index is -0.884. The highest BCUT2D eigenvalue weighted by atomic mass is 127. The molecule has 0 saturated heterocycles. The fraction of sp³-hybridized carbons (Fsp3) is 0.600. The van der Waals surface area contributed by atoms with E-state index >= 15 is 0 Å². The van der Waals surface area contributed by atoms with E-state index < -0.39 is 11.8 Å². The molecule has 0 aromatic heterocycles. The second kappa shape index (κ2) is 18.9. The van der Waals surface area contributed by atoms with Crippen molar-refractivity contribution in [1.29, 1.82) is 0 Å². The van der Waals surface area contributed by atoms with Gasteiger partial charge in [0, 0.05) is 9.99 Å². The predicted molar refractivity (Wildman–Crippen MR) is 115 cm³/mol. The molecule has 29 heavy (non-hydrogen) atoms. The molecular formula is C20H29IO8. The van der Waals surface area contributed by atoms with E-state index in [2.05, 4.69) is 22.6 Å². The zero-order valence-electron chi connectivity index (χ0n) is 16.5. The second-order valence-electron chi connectivity index (χ2n) is 5.58. The van der Waals surface area contributed by atoms with E-state index in [0.29, 0.717) is 58.4 Å². The molecule has 0 radical (unpaired) electrons. The van der Waals surface area contributed by atoms with Crippen molar-refractivity contribution >= 4 is 34.3 Å². The maximum absolute atomic E-state index is 11.8. The summed E-state index contributed by atoms with van der Waals surface area (Å²) < 4.78 is 32.5. The molecule has 0 bridgehead atoms. The van der Waals surface area contributed by atoms with Crippen molar-refractivity contribution in [2.45, 2.75) is 0 Å². The smallest absolute Gasteiger partial charge is 0.379 e. The number of ether oxygens (including phenoxy) is 6. The van der Waals surface area contributed by atoms with Gasteiger partial charge in [-0.3, -0.25) is 4.79 Å². The fourth-order valence-corrected chi connectivity index (χ4v) is 2.31. The van der Waals surface area contributed by atoms with Gasteiger partial charge in [-0.25, -0.2) is 4.79 Å². The van der Waals surface area contributed by atoms with Crippen molar-refractivity contribution in [2.24, 2.45) is 0 Å². The summed E-state index contributed by atoms with van der Waals surface area (Å²) in [5.74, 6) is -1.55. The van der Waals surface area contributed by atoms with Crippen LogP contribution in [0.3, 0.4) is 0 Å². The first-order valence-corrected chi connectivity index (χ1v) is 11.0. The van der Waals surface area contributed by atoms with Crippen LogP contribution in [-0.4, -0.2) is 88.9 Å². The van der Waals surface area contributed by atoms with Gasteiger partial charge in [0.2, 0.25) is 0 Å². The third-order valence-corrected chi connectivity index (χ3v) is 3.83. The van der Waals surface area contributed by atoms with Gasteiger partial charge in [-0.2, -0.15) is 0 Å². The third-order valence-electron chi connectivity index (χ3n) is 3.39. The molecule has 0 amide bonds. The van der Waals surface area contributed by atoms with Gasteiger partial charge in [0.25, 0.3) is 5.78 Å². The Balaban J connectivity index is 1.81. The van der Waals surface area contributed by atoms with Gasteiger partial charge in [0.1, 0.15) is 6.61 Å². The van der Waals surface area contributed by atoms with Crippen molar-refractivity contribution in [1.82, 2.24) is 0 Å². The zero-order valence-corrected chi connectivity index (χ0v) is 18.7. The number of rotatable bonds is 19. The lowest BCUT2D eigenvalue weighted by Crippen LogP contribution is -2.20. The monoisotopic (exact) mass is 524 g/mol. The Morgan fingerprint density at radius 3 is 1.48 bits per heavy atom. The number of Topliss-reactive ketones (excluding diaryl/α,β-unsaturated/α-hetero) is 1. The lowest BCUT2D eigenvalue weighted by molar-refractivity contribution is -0.139. The van der Waals surface area contributed by atoms with Crippen LogP contribution in [0.5, 0.6) is 0 Å². The van der Waals surface area contributed by atoms with Crippen molar-refractivity contribution in [2.75, 3.05) is 77.1 Å². The number of alkyl halides is 1. The number of halogens is 1. The molecule has 1 aromatic carbocycles. The van der Waals surface area contributed by atoms with Crippen LogP contribution >= 0.6 is 22.6 Å². The van der Waals surface area contributed by atoms with E-state index in [1.165, 1.54) is 0 Å². The Hall–Kier alpha value is -1.11. The van der Waals surface area contributed by atoms with Gasteiger partial charge in [0.05, 0.1) is 66.1 Å². The molecule has 0 aliphatic carbocycles. The molecule has 0 atom stereocenters. The fourth-order valence-electron chi connectivity index (χ4n) is 2.00. The molecule has 0 fully saturated rings. The molecule has 0 saturated carbocycles. The molecular weight excluding hydrogens is 495 g/mol. The summed E-state index contributed by atoms with van der Waals surface area (Å²) in [5.41, 5.74) is 0.307. The first-order valence-electron chi connectivity index (χ1n) is 9.47. The van der Waals surface area contributed by atoms with Crippen LogP contribution in [0.25, 0.3) is 0 Å². The van der Waals surface area contributed by atoms with Crippen molar-refractivity contribution in [3.63, 3.8) is 0 Å². The van der Waals surface area contributed by atoms with Gasteiger partial charge in [0.15, 0.2) is 0 Å². The van der Waals surface area contributed by atoms with E-state index in [1.54, 1.807) is 30.3 Å². The molecule has 0 heterocycles. The van der Waals surface area contributed by atoms with Crippen LogP contribution in [0.1, 0.15) is 10.4 Å². The number of carbonyl (C=O) groups is 2. The van der Waals surface area contributed by atoms with Gasteiger partial charge in [-0.05, 0) is 0 Å². The minimum absolute atomic E-state index is 0.0175. The van der Waals surface area contributed by atoms with Gasteiger partial charge in [-0.1, -0.05) is 52.9 Å². The summed E-state index contributed by atoms with van der Waals surface area (Å²) in [4.78, 5) is 23.4. The van der Waals surface area contributed by atoms with Gasteiger partial charge < -0.3 is 28.4 Å². The number of hydrogen-bond acceptors (Lipinski definition) is 8. The van der Waals surface area contributed by atoms with Gasteiger partial charge >= 0.3 is 5.97 Å². The summed E-state index contributed by atoms with van der Waals surface area (Å²) >= 11 is 2.26. The van der Waals surface area contributed by atoms with E-state index in [-0.39, 0.29) is 13.2 Å². The van der Waals surface area contributed by atoms with Gasteiger partial charge in [-0.15, -0.1) is 0 Å². The Morgan fingerprint density at radius 1 is 0.621 bits per heavy atom. The average Bonchev–Trinajstić information content (AvgIpc) is 2.75. The van der Waals surface area contributed by atoms with Crippen LogP contribution in [-0.2, 0) is 33.2 Å². The van der Waals surface area contributed by atoms with Crippen LogP contribution in [0.4, 0.5) is 0 Å². The SMILES string of the molecule is O=C(OCCOCCOCCOCCOCCOCCI)C(=O)c1ccccc1. The zero-order chi connectivity index (χ0) is 21.0. The molecule has 8 nitrogen and oxygen atoms in total. The highest BCUT2D eigenvalue weighted by Gasteiger charge is 2.16. The molecule has 164 valence electrons.